The molecule has 55 heavy (non-hydrogen) atoms. The number of aliphatic hydroxyl groups excluding tert-OH is 1. The number of carbonyl (C=O) groups excluding carboxylic acids is 1. The van der Waals surface area contributed by atoms with Crippen LogP contribution in [-0.2, 0) is 34.5 Å². The predicted molar refractivity (Wildman–Crippen MR) is 214 cm³/mol. The molecular formula is C45H52N4O6. The largest absolute Gasteiger partial charge is 0.506 e. The third-order valence-electron chi connectivity index (χ3n) is 12.5. The van der Waals surface area contributed by atoms with Gasteiger partial charge in [-0.1, -0.05) is 55.7 Å². The molecule has 3 saturated heterocycles. The third kappa shape index (κ3) is 7.86. The number of carbonyl (C=O) groups is 1. The maximum atomic E-state index is 14.0. The van der Waals surface area contributed by atoms with E-state index in [1.807, 2.05) is 22.8 Å². The number of aliphatic hydroxyl groups is 1. The molecule has 1 saturated carbocycles. The summed E-state index contributed by atoms with van der Waals surface area (Å²) < 4.78 is 8.24. The number of phenols is 1. The average Bonchev–Trinajstić information content (AvgIpc) is 3.21. The molecule has 5 heterocycles. The molecule has 0 spiro atoms. The topological polar surface area (TPSA) is 137 Å². The standard InChI is InChI=1S/C45H52N4O6/c50-38-15-12-35(36-13-16-41(52)47-43(36)38)39(51)28-46-27-31-10-14-37-33(25-31)11-17-42(53)49(37)22-5-2-7-30-8-6-9-34(26-30)45(20-3-1-4-21-45)44(54)55-40-29-48-23-18-32(40)19-24-48/h6,8-17,25-26,32,39-40,46,50-51H,1-5,7,18-24,27-29H2,(H,47,52)/t39-,40-/m0/s1. The number of aromatic hydroxyl groups is 1. The molecule has 5 aromatic rings. The number of aromatic amines is 1. The molecule has 10 heteroatoms. The van der Waals surface area contributed by atoms with Crippen molar-refractivity contribution in [2.75, 3.05) is 26.2 Å². The van der Waals surface area contributed by atoms with Gasteiger partial charge >= 0.3 is 5.97 Å². The summed E-state index contributed by atoms with van der Waals surface area (Å²) in [5.41, 5.74) is 4.25. The molecule has 2 aromatic heterocycles. The van der Waals surface area contributed by atoms with Gasteiger partial charge < -0.3 is 29.8 Å². The molecule has 288 valence electrons. The van der Waals surface area contributed by atoms with Crippen LogP contribution in [0.3, 0.4) is 0 Å². The monoisotopic (exact) mass is 744 g/mol. The summed E-state index contributed by atoms with van der Waals surface area (Å²) in [6.45, 7) is 4.52. The first kappa shape index (κ1) is 37.2. The zero-order valence-electron chi connectivity index (χ0n) is 31.5. The zero-order chi connectivity index (χ0) is 37.9. The van der Waals surface area contributed by atoms with Crippen LogP contribution < -0.4 is 16.4 Å². The van der Waals surface area contributed by atoms with Gasteiger partial charge in [-0.2, -0.15) is 0 Å². The molecule has 2 bridgehead atoms. The summed E-state index contributed by atoms with van der Waals surface area (Å²) >= 11 is 0. The Bertz CT molecular complexity index is 2280. The number of hydrogen-bond acceptors (Lipinski definition) is 8. The van der Waals surface area contributed by atoms with Gasteiger partial charge in [-0.25, -0.2) is 0 Å². The number of fused-ring (bicyclic) bond motifs is 5. The number of ether oxygens (including phenoxy) is 1. The van der Waals surface area contributed by atoms with Crippen molar-refractivity contribution in [1.29, 1.82) is 0 Å². The second-order valence-electron chi connectivity index (χ2n) is 16.0. The fraction of sp³-hybridized carbons (Fsp3) is 0.444. The van der Waals surface area contributed by atoms with E-state index in [2.05, 4.69) is 45.5 Å². The van der Waals surface area contributed by atoms with Crippen molar-refractivity contribution in [3.8, 4) is 5.75 Å². The number of aromatic nitrogens is 2. The van der Waals surface area contributed by atoms with Gasteiger partial charge in [-0.05, 0) is 122 Å². The van der Waals surface area contributed by atoms with Gasteiger partial charge in [-0.15, -0.1) is 0 Å². The number of esters is 1. The van der Waals surface area contributed by atoms with E-state index in [4.69, 9.17) is 4.74 Å². The molecule has 4 aliphatic rings. The SMILES string of the molecule is O=C(O[C@H]1CN2CCC1CC2)C1(c2cccc(CCCCn3c(=O)ccc4cc(CNC[C@H](O)c5ccc(O)c6[nH]c(=O)ccc56)ccc43)c2)CCCCC1. The number of rotatable bonds is 13. The van der Waals surface area contributed by atoms with Crippen molar-refractivity contribution in [2.24, 2.45) is 5.92 Å². The fourth-order valence-electron chi connectivity index (χ4n) is 9.39. The van der Waals surface area contributed by atoms with Crippen molar-refractivity contribution >= 4 is 27.8 Å². The molecule has 3 aromatic carbocycles. The quantitative estimate of drug-likeness (QED) is 0.0823. The number of pyridine rings is 2. The van der Waals surface area contributed by atoms with Gasteiger partial charge in [0, 0.05) is 43.7 Å². The van der Waals surface area contributed by atoms with Crippen LogP contribution in [0.5, 0.6) is 5.75 Å². The van der Waals surface area contributed by atoms with Crippen LogP contribution in [0, 0.1) is 5.92 Å². The molecule has 4 fully saturated rings. The zero-order valence-corrected chi connectivity index (χ0v) is 31.5. The van der Waals surface area contributed by atoms with Gasteiger partial charge in [0.15, 0.2) is 0 Å². The molecule has 9 rings (SSSR count). The molecule has 4 N–H and O–H groups in total. The minimum atomic E-state index is -0.855. The number of nitrogens with one attached hydrogen (secondary N) is 2. The third-order valence-corrected chi connectivity index (χ3v) is 12.5. The van der Waals surface area contributed by atoms with Crippen molar-refractivity contribution in [3.05, 3.63) is 122 Å². The van der Waals surface area contributed by atoms with Crippen molar-refractivity contribution < 1.29 is 19.7 Å². The van der Waals surface area contributed by atoms with Crippen LogP contribution in [0.2, 0.25) is 0 Å². The second-order valence-corrected chi connectivity index (χ2v) is 16.0. The number of unbranched alkanes of at least 4 members (excludes halogenated alkanes) is 1. The summed E-state index contributed by atoms with van der Waals surface area (Å²) in [5, 5.41) is 26.0. The Kier molecular flexibility index (Phi) is 10.9. The Balaban J connectivity index is 0.879. The fourth-order valence-corrected chi connectivity index (χ4v) is 9.39. The maximum Gasteiger partial charge on any atom is 0.316 e. The van der Waals surface area contributed by atoms with E-state index in [1.54, 1.807) is 18.2 Å². The predicted octanol–water partition coefficient (Wildman–Crippen LogP) is 6.23. The first-order valence-corrected chi connectivity index (χ1v) is 20.2. The normalized spacial score (nSPS) is 21.1. The van der Waals surface area contributed by atoms with E-state index in [0.29, 0.717) is 35.5 Å². The molecule has 0 radical (unpaired) electrons. The number of benzene rings is 3. The number of aryl methyl sites for hydroxylation is 2. The smallest absolute Gasteiger partial charge is 0.316 e. The molecule has 1 aliphatic carbocycles. The Morgan fingerprint density at radius 1 is 0.927 bits per heavy atom. The van der Waals surface area contributed by atoms with Crippen LogP contribution in [0.15, 0.2) is 88.5 Å². The molecule has 3 aliphatic heterocycles. The Labute approximate surface area is 321 Å². The van der Waals surface area contributed by atoms with Gasteiger partial charge in [0.05, 0.1) is 22.6 Å². The molecule has 0 unspecified atom stereocenters. The van der Waals surface area contributed by atoms with Crippen molar-refractivity contribution in [2.45, 2.75) is 94.9 Å². The van der Waals surface area contributed by atoms with Crippen LogP contribution >= 0.6 is 0 Å². The Hall–Kier alpha value is -4.77. The van der Waals surface area contributed by atoms with E-state index in [9.17, 15) is 24.6 Å². The average molecular weight is 745 g/mol. The van der Waals surface area contributed by atoms with E-state index in [1.165, 1.54) is 17.7 Å². The highest BCUT2D eigenvalue weighted by atomic mass is 16.5. The van der Waals surface area contributed by atoms with E-state index in [0.717, 1.165) is 106 Å². The number of piperidine rings is 3. The van der Waals surface area contributed by atoms with Gasteiger partial charge in [0.1, 0.15) is 11.9 Å². The van der Waals surface area contributed by atoms with Crippen molar-refractivity contribution in [1.82, 2.24) is 19.8 Å². The van der Waals surface area contributed by atoms with Crippen LogP contribution in [0.1, 0.15) is 86.1 Å². The van der Waals surface area contributed by atoms with Crippen LogP contribution in [0.4, 0.5) is 0 Å². The summed E-state index contributed by atoms with van der Waals surface area (Å²) in [6.07, 6.45) is 9.01. The first-order valence-electron chi connectivity index (χ1n) is 20.2. The number of nitrogens with zero attached hydrogens (tertiary/aromatic N) is 2. The highest BCUT2D eigenvalue weighted by Crippen LogP contribution is 2.42. The first-order chi connectivity index (χ1) is 26.8. The van der Waals surface area contributed by atoms with E-state index < -0.39 is 11.5 Å². The van der Waals surface area contributed by atoms with Gasteiger partial charge in [0.25, 0.3) is 5.56 Å². The van der Waals surface area contributed by atoms with E-state index in [-0.39, 0.29) is 35.5 Å². The van der Waals surface area contributed by atoms with Gasteiger partial charge in [0.2, 0.25) is 5.56 Å². The molecular weight excluding hydrogens is 693 g/mol. The second kappa shape index (κ2) is 16.1. The lowest BCUT2D eigenvalue weighted by atomic mass is 9.69. The Morgan fingerprint density at radius 3 is 2.56 bits per heavy atom. The van der Waals surface area contributed by atoms with E-state index >= 15 is 0 Å². The van der Waals surface area contributed by atoms with Crippen LogP contribution in [0.25, 0.3) is 21.8 Å². The highest BCUT2D eigenvalue weighted by molar-refractivity contribution is 5.87. The number of phenolic OH excluding ortho intramolecular Hbond substituents is 1. The summed E-state index contributed by atoms with van der Waals surface area (Å²) in [7, 11) is 0. The van der Waals surface area contributed by atoms with Crippen molar-refractivity contribution in [3.63, 3.8) is 0 Å². The minimum absolute atomic E-state index is 0.0164. The number of H-pyrrole nitrogens is 1. The summed E-state index contributed by atoms with van der Waals surface area (Å²) in [6, 6.07) is 24.3. The Morgan fingerprint density at radius 2 is 1.76 bits per heavy atom. The summed E-state index contributed by atoms with van der Waals surface area (Å²) in [4.78, 5) is 43.9. The van der Waals surface area contributed by atoms with Gasteiger partial charge in [-0.3, -0.25) is 19.3 Å². The lowest BCUT2D eigenvalue weighted by molar-refractivity contribution is -0.167. The summed E-state index contributed by atoms with van der Waals surface area (Å²) in [5.74, 6) is 0.436. The highest BCUT2D eigenvalue weighted by Gasteiger charge is 2.46. The minimum Gasteiger partial charge on any atom is -0.506 e. The number of hydrogen-bond donors (Lipinski definition) is 4. The maximum absolute atomic E-state index is 14.0. The molecule has 0 amide bonds. The molecule has 10 nitrogen and oxygen atoms in total. The van der Waals surface area contributed by atoms with Crippen LogP contribution in [-0.4, -0.2) is 62.9 Å². The lowest BCUT2D eigenvalue weighted by Gasteiger charge is -2.45. The lowest BCUT2D eigenvalue weighted by Crippen LogP contribution is -2.53. The molecule has 2 atom stereocenters.